The zero-order valence-corrected chi connectivity index (χ0v) is 18.6. The van der Waals surface area contributed by atoms with Gasteiger partial charge in [0, 0.05) is 24.9 Å². The van der Waals surface area contributed by atoms with Crippen molar-refractivity contribution in [2.45, 2.75) is 112 Å². The molecule has 154 valence electrons. The maximum absolute atomic E-state index is 13.2. The quantitative estimate of drug-likeness (QED) is 0.428. The zero-order chi connectivity index (χ0) is 20.3. The predicted molar refractivity (Wildman–Crippen MR) is 115 cm³/mol. The van der Waals surface area contributed by atoms with E-state index in [2.05, 4.69) is 51.5 Å². The van der Waals surface area contributed by atoms with E-state index >= 15 is 0 Å². The van der Waals surface area contributed by atoms with E-state index in [0.29, 0.717) is 12.4 Å². The lowest BCUT2D eigenvalue weighted by molar-refractivity contribution is -0.121. The molecule has 27 heavy (non-hydrogen) atoms. The number of carbonyl (C=O) groups excluding carboxylic acids is 1. The highest BCUT2D eigenvalue weighted by molar-refractivity contribution is 5.92. The van der Waals surface area contributed by atoms with Crippen molar-refractivity contribution in [1.29, 1.82) is 0 Å². The van der Waals surface area contributed by atoms with Gasteiger partial charge in [0.25, 0.3) is 0 Å². The average Bonchev–Trinajstić information content (AvgIpc) is 2.61. The number of aryl methyl sites for hydroxylation is 1. The zero-order valence-electron chi connectivity index (χ0n) is 18.6. The third-order valence-electron chi connectivity index (χ3n) is 4.82. The summed E-state index contributed by atoms with van der Waals surface area (Å²) in [6.07, 6.45) is 14.2. The van der Waals surface area contributed by atoms with Crippen molar-refractivity contribution in [1.82, 2.24) is 9.97 Å². The van der Waals surface area contributed by atoms with Crippen molar-refractivity contribution in [3.63, 3.8) is 0 Å². The van der Waals surface area contributed by atoms with Gasteiger partial charge in [-0.1, -0.05) is 73.6 Å². The fraction of sp³-hybridized carbons (Fsp3) is 0.783. The minimum atomic E-state index is -0.0452. The monoisotopic (exact) mass is 375 g/mol. The van der Waals surface area contributed by atoms with Crippen LogP contribution >= 0.6 is 0 Å². The molecule has 0 bridgehead atoms. The van der Waals surface area contributed by atoms with Crippen LogP contribution in [-0.4, -0.2) is 21.9 Å². The third kappa shape index (κ3) is 8.85. The number of carbonyl (C=O) groups is 1. The van der Waals surface area contributed by atoms with Crippen LogP contribution in [0.5, 0.6) is 0 Å². The van der Waals surface area contributed by atoms with Crippen molar-refractivity contribution in [2.24, 2.45) is 5.41 Å². The highest BCUT2D eigenvalue weighted by Gasteiger charge is 2.29. The van der Waals surface area contributed by atoms with Gasteiger partial charge in [-0.25, -0.2) is 9.97 Å². The summed E-state index contributed by atoms with van der Waals surface area (Å²) in [6.45, 7) is 12.9. The van der Waals surface area contributed by atoms with Crippen LogP contribution in [0.15, 0.2) is 12.4 Å². The topological polar surface area (TPSA) is 46.1 Å². The average molecular weight is 376 g/mol. The summed E-state index contributed by atoms with van der Waals surface area (Å²) in [7, 11) is 0. The van der Waals surface area contributed by atoms with Crippen LogP contribution in [0.4, 0.5) is 5.95 Å². The second-order valence-corrected chi connectivity index (χ2v) is 8.93. The molecule has 0 N–H and O–H groups in total. The van der Waals surface area contributed by atoms with Gasteiger partial charge in [-0.15, -0.1) is 0 Å². The Balaban J connectivity index is 3.11. The van der Waals surface area contributed by atoms with E-state index in [-0.39, 0.29) is 17.4 Å². The molecule has 1 rings (SSSR count). The molecule has 4 nitrogen and oxygen atoms in total. The molecule has 0 aromatic carbocycles. The summed E-state index contributed by atoms with van der Waals surface area (Å²) in [4.78, 5) is 24.4. The van der Waals surface area contributed by atoms with Gasteiger partial charge >= 0.3 is 0 Å². The standard InChI is InChI=1S/C23H41N3O/c1-7-10-13-19-17-24-22(25-18-19)26(21(27)16-23(4,5)6)20(14-11-8-2)15-12-9-3/h17-18,20H,7-16H2,1-6H3. The molecular formula is C23H41N3O. The molecular weight excluding hydrogens is 334 g/mol. The lowest BCUT2D eigenvalue weighted by Crippen LogP contribution is -2.43. The van der Waals surface area contributed by atoms with Crippen molar-refractivity contribution in [3.8, 4) is 0 Å². The Morgan fingerprint density at radius 3 is 1.93 bits per heavy atom. The summed E-state index contributed by atoms with van der Waals surface area (Å²) in [6, 6.07) is 0.196. The van der Waals surface area contributed by atoms with Crippen molar-refractivity contribution in [2.75, 3.05) is 4.90 Å². The highest BCUT2D eigenvalue weighted by Crippen LogP contribution is 2.26. The Labute approximate surface area is 167 Å². The molecule has 0 saturated carbocycles. The van der Waals surface area contributed by atoms with E-state index in [4.69, 9.17) is 0 Å². The maximum Gasteiger partial charge on any atom is 0.232 e. The van der Waals surface area contributed by atoms with Crippen LogP contribution in [0.2, 0.25) is 0 Å². The molecule has 0 spiro atoms. The van der Waals surface area contributed by atoms with Gasteiger partial charge < -0.3 is 0 Å². The van der Waals surface area contributed by atoms with Gasteiger partial charge in [0.1, 0.15) is 0 Å². The van der Waals surface area contributed by atoms with Crippen LogP contribution in [0.3, 0.4) is 0 Å². The molecule has 0 aliphatic carbocycles. The minimum absolute atomic E-state index is 0.0452. The Morgan fingerprint density at radius 1 is 0.963 bits per heavy atom. The Kier molecular flexibility index (Phi) is 10.6. The van der Waals surface area contributed by atoms with Gasteiger partial charge in [0.2, 0.25) is 11.9 Å². The number of unbranched alkanes of at least 4 members (excludes halogenated alkanes) is 3. The van der Waals surface area contributed by atoms with E-state index in [0.717, 1.165) is 63.4 Å². The van der Waals surface area contributed by atoms with Crippen LogP contribution in [0.1, 0.15) is 105 Å². The Hall–Kier alpha value is -1.45. The summed E-state index contributed by atoms with van der Waals surface area (Å²) in [5.74, 6) is 0.739. The second kappa shape index (κ2) is 12.1. The smallest absolute Gasteiger partial charge is 0.232 e. The first-order valence-corrected chi connectivity index (χ1v) is 10.9. The van der Waals surface area contributed by atoms with Crippen LogP contribution in [-0.2, 0) is 11.2 Å². The van der Waals surface area contributed by atoms with E-state index in [1.54, 1.807) is 0 Å². The van der Waals surface area contributed by atoms with Gasteiger partial charge in [-0.3, -0.25) is 9.69 Å². The normalized spacial score (nSPS) is 11.8. The number of nitrogens with zero attached hydrogens (tertiary/aromatic N) is 3. The second-order valence-electron chi connectivity index (χ2n) is 8.93. The largest absolute Gasteiger partial charge is 0.278 e. The summed E-state index contributed by atoms with van der Waals surface area (Å²) in [5.41, 5.74) is 1.11. The summed E-state index contributed by atoms with van der Waals surface area (Å²) >= 11 is 0. The predicted octanol–water partition coefficient (Wildman–Crippen LogP) is 6.34. The SMILES string of the molecule is CCCCc1cnc(N(C(=O)CC(C)(C)C)C(CCCC)CCCC)nc1. The molecule has 0 radical (unpaired) electrons. The van der Waals surface area contributed by atoms with Crippen molar-refractivity contribution in [3.05, 3.63) is 18.0 Å². The number of hydrogen-bond donors (Lipinski definition) is 0. The maximum atomic E-state index is 13.2. The van der Waals surface area contributed by atoms with E-state index in [1.807, 2.05) is 17.3 Å². The summed E-state index contributed by atoms with van der Waals surface area (Å²) < 4.78 is 0. The van der Waals surface area contributed by atoms with E-state index in [9.17, 15) is 4.79 Å². The van der Waals surface area contributed by atoms with Crippen molar-refractivity contribution < 1.29 is 4.79 Å². The van der Waals surface area contributed by atoms with Crippen molar-refractivity contribution >= 4 is 11.9 Å². The third-order valence-corrected chi connectivity index (χ3v) is 4.82. The molecule has 1 amide bonds. The lowest BCUT2D eigenvalue weighted by Gasteiger charge is -2.32. The number of aromatic nitrogens is 2. The van der Waals surface area contributed by atoms with E-state index < -0.39 is 0 Å². The van der Waals surface area contributed by atoms with Gasteiger partial charge in [0.15, 0.2) is 0 Å². The molecule has 0 aliphatic heterocycles. The van der Waals surface area contributed by atoms with Gasteiger partial charge in [-0.2, -0.15) is 0 Å². The first-order chi connectivity index (χ1) is 12.8. The molecule has 1 heterocycles. The van der Waals surface area contributed by atoms with E-state index in [1.165, 1.54) is 0 Å². The van der Waals surface area contributed by atoms with Crippen LogP contribution in [0.25, 0.3) is 0 Å². The number of hydrogen-bond acceptors (Lipinski definition) is 3. The molecule has 4 heteroatoms. The fourth-order valence-corrected chi connectivity index (χ4v) is 3.28. The molecule has 0 saturated heterocycles. The first kappa shape index (κ1) is 23.6. The Bertz CT molecular complexity index is 526. The molecule has 0 unspecified atom stereocenters. The highest BCUT2D eigenvalue weighted by atomic mass is 16.2. The number of amides is 1. The Morgan fingerprint density at radius 2 is 1.48 bits per heavy atom. The van der Waals surface area contributed by atoms with Crippen LogP contribution < -0.4 is 4.90 Å². The first-order valence-electron chi connectivity index (χ1n) is 10.9. The van der Waals surface area contributed by atoms with Gasteiger partial charge in [-0.05, 0) is 36.7 Å². The van der Waals surface area contributed by atoms with Gasteiger partial charge in [0.05, 0.1) is 0 Å². The molecule has 0 aliphatic rings. The number of anilines is 1. The molecule has 0 atom stereocenters. The number of rotatable bonds is 12. The summed E-state index contributed by atoms with van der Waals surface area (Å²) in [5, 5.41) is 0. The molecule has 0 fully saturated rings. The lowest BCUT2D eigenvalue weighted by atomic mass is 9.91. The minimum Gasteiger partial charge on any atom is -0.278 e. The molecule has 1 aromatic rings. The molecule has 1 aromatic heterocycles. The fourth-order valence-electron chi connectivity index (χ4n) is 3.28. The van der Waals surface area contributed by atoms with Crippen LogP contribution in [0, 0.1) is 5.41 Å².